The third kappa shape index (κ3) is 5.78. The molecule has 2 N–H and O–H groups in total. The lowest BCUT2D eigenvalue weighted by molar-refractivity contribution is -0.0233. The number of halogens is 2. The Hall–Kier alpha value is 0.130. The minimum atomic E-state index is -2.76. The molecule has 5 heteroatoms. The summed E-state index contributed by atoms with van der Waals surface area (Å²) in [5, 5.41) is 0. The largest absolute Gasteiger partial charge is 0.325 e. The smallest absolute Gasteiger partial charge is 0.272 e. The van der Waals surface area contributed by atoms with Gasteiger partial charge in [0.25, 0.3) is 5.92 Å². The third-order valence-electron chi connectivity index (χ3n) is 2.09. The Labute approximate surface area is 89.2 Å². The average Bonchev–Trinajstić information content (AvgIpc) is 2.13. The van der Waals surface area contributed by atoms with E-state index in [1.807, 2.05) is 6.92 Å². The maximum atomic E-state index is 12.9. The zero-order chi connectivity index (χ0) is 11.2. The van der Waals surface area contributed by atoms with Crippen LogP contribution >= 0.6 is 11.8 Å². The van der Waals surface area contributed by atoms with Gasteiger partial charge >= 0.3 is 0 Å². The maximum absolute atomic E-state index is 12.9. The molecular formula is C9H20F2N2S. The second-order valence-electron chi connectivity index (χ2n) is 3.48. The van der Waals surface area contributed by atoms with Crippen LogP contribution in [0, 0.1) is 0 Å². The first-order chi connectivity index (χ1) is 6.43. The van der Waals surface area contributed by atoms with Crippen LogP contribution < -0.4 is 5.73 Å². The van der Waals surface area contributed by atoms with Crippen molar-refractivity contribution in [2.75, 3.05) is 31.6 Å². The van der Waals surface area contributed by atoms with Gasteiger partial charge in [-0.3, -0.25) is 4.90 Å². The van der Waals surface area contributed by atoms with Gasteiger partial charge in [0.05, 0.1) is 13.1 Å². The summed E-state index contributed by atoms with van der Waals surface area (Å²) in [5.74, 6) is -0.862. The van der Waals surface area contributed by atoms with Gasteiger partial charge < -0.3 is 5.73 Å². The van der Waals surface area contributed by atoms with Crippen LogP contribution in [0.1, 0.15) is 13.8 Å². The van der Waals surface area contributed by atoms with Gasteiger partial charge in [-0.15, -0.1) is 0 Å². The minimum absolute atomic E-state index is 0.164. The molecule has 0 aliphatic rings. The van der Waals surface area contributed by atoms with Crippen molar-refractivity contribution in [2.24, 2.45) is 5.73 Å². The summed E-state index contributed by atoms with van der Waals surface area (Å²) in [4.78, 5) is 1.66. The lowest BCUT2D eigenvalue weighted by atomic mass is 10.2. The van der Waals surface area contributed by atoms with Crippen molar-refractivity contribution in [2.45, 2.75) is 25.8 Å². The molecule has 1 atom stereocenters. The summed E-state index contributed by atoms with van der Waals surface area (Å²) in [6.07, 6.45) is 0. The fourth-order valence-corrected chi connectivity index (χ4v) is 1.83. The lowest BCUT2D eigenvalue weighted by Crippen LogP contribution is -2.44. The highest BCUT2D eigenvalue weighted by Crippen LogP contribution is 2.15. The SMILES string of the molecule is CCSCC(C)N(C)CC(F)(F)CN. The van der Waals surface area contributed by atoms with E-state index in [4.69, 9.17) is 5.73 Å². The molecule has 86 valence electrons. The molecule has 0 aromatic heterocycles. The number of hydrogen-bond donors (Lipinski definition) is 1. The zero-order valence-corrected chi connectivity index (χ0v) is 9.91. The molecule has 0 saturated heterocycles. The quantitative estimate of drug-likeness (QED) is 0.716. The van der Waals surface area contributed by atoms with Gasteiger partial charge in [-0.1, -0.05) is 6.92 Å². The molecule has 0 aliphatic carbocycles. The minimum Gasteiger partial charge on any atom is -0.325 e. The summed E-state index contributed by atoms with van der Waals surface area (Å²) in [6.45, 7) is 3.18. The molecule has 0 aromatic carbocycles. The number of rotatable bonds is 7. The molecule has 0 radical (unpaired) electrons. The standard InChI is InChI=1S/C9H20F2N2S/c1-4-14-5-8(2)13(3)7-9(10,11)6-12/h8H,4-7,12H2,1-3H3. The van der Waals surface area contributed by atoms with Gasteiger partial charge in [0, 0.05) is 11.8 Å². The second-order valence-corrected chi connectivity index (χ2v) is 4.80. The van der Waals surface area contributed by atoms with Crippen LogP contribution in [0.15, 0.2) is 0 Å². The monoisotopic (exact) mass is 226 g/mol. The highest BCUT2D eigenvalue weighted by molar-refractivity contribution is 7.99. The Morgan fingerprint density at radius 2 is 2.07 bits per heavy atom. The molecule has 14 heavy (non-hydrogen) atoms. The molecule has 0 bridgehead atoms. The van der Waals surface area contributed by atoms with Crippen molar-refractivity contribution in [1.29, 1.82) is 0 Å². The summed E-state index contributed by atoms with van der Waals surface area (Å²) in [5.41, 5.74) is 4.97. The van der Waals surface area contributed by atoms with Gasteiger partial charge in [0.15, 0.2) is 0 Å². The Bertz CT molecular complexity index is 156. The average molecular weight is 226 g/mol. The van der Waals surface area contributed by atoms with E-state index in [2.05, 4.69) is 6.92 Å². The van der Waals surface area contributed by atoms with Crippen molar-refractivity contribution < 1.29 is 8.78 Å². The second kappa shape index (κ2) is 6.58. The highest BCUT2D eigenvalue weighted by atomic mass is 32.2. The van der Waals surface area contributed by atoms with Gasteiger partial charge in [-0.25, -0.2) is 8.78 Å². The summed E-state index contributed by atoms with van der Waals surface area (Å²) < 4.78 is 25.8. The first kappa shape index (κ1) is 14.1. The molecule has 0 heterocycles. The van der Waals surface area contributed by atoms with Crippen molar-refractivity contribution in [1.82, 2.24) is 4.90 Å². The van der Waals surface area contributed by atoms with E-state index in [1.165, 1.54) is 0 Å². The number of thioether (sulfide) groups is 1. The molecule has 0 spiro atoms. The molecule has 0 rings (SSSR count). The Kier molecular flexibility index (Phi) is 6.64. The highest BCUT2D eigenvalue weighted by Gasteiger charge is 2.29. The number of alkyl halides is 2. The van der Waals surface area contributed by atoms with Crippen LogP contribution in [-0.2, 0) is 0 Å². The Balaban J connectivity index is 3.87. The molecular weight excluding hydrogens is 206 g/mol. The van der Waals surface area contributed by atoms with Gasteiger partial charge in [-0.2, -0.15) is 11.8 Å². The van der Waals surface area contributed by atoms with E-state index in [9.17, 15) is 8.78 Å². The lowest BCUT2D eigenvalue weighted by Gasteiger charge is -2.28. The predicted octanol–water partition coefficient (Wildman–Crippen LogP) is 1.65. The van der Waals surface area contributed by atoms with Crippen molar-refractivity contribution in [3.05, 3.63) is 0 Å². The van der Waals surface area contributed by atoms with Crippen LogP contribution in [0.5, 0.6) is 0 Å². The van der Waals surface area contributed by atoms with Crippen molar-refractivity contribution >= 4 is 11.8 Å². The first-order valence-electron chi connectivity index (χ1n) is 4.79. The van der Waals surface area contributed by atoms with Crippen molar-refractivity contribution in [3.8, 4) is 0 Å². The number of hydrogen-bond acceptors (Lipinski definition) is 3. The molecule has 0 saturated carbocycles. The van der Waals surface area contributed by atoms with Gasteiger partial charge in [0.2, 0.25) is 0 Å². The van der Waals surface area contributed by atoms with E-state index in [1.54, 1.807) is 23.7 Å². The van der Waals surface area contributed by atoms with Crippen LogP contribution in [0.3, 0.4) is 0 Å². The van der Waals surface area contributed by atoms with E-state index >= 15 is 0 Å². The van der Waals surface area contributed by atoms with Crippen molar-refractivity contribution in [3.63, 3.8) is 0 Å². The van der Waals surface area contributed by atoms with Gasteiger partial charge in [-0.05, 0) is 19.7 Å². The van der Waals surface area contributed by atoms with E-state index in [0.717, 1.165) is 11.5 Å². The molecule has 2 nitrogen and oxygen atoms in total. The molecule has 0 amide bonds. The normalized spacial score (nSPS) is 14.8. The fourth-order valence-electron chi connectivity index (χ4n) is 1.00. The van der Waals surface area contributed by atoms with E-state index in [0.29, 0.717) is 0 Å². The third-order valence-corrected chi connectivity index (χ3v) is 3.22. The maximum Gasteiger partial charge on any atom is 0.272 e. The zero-order valence-electron chi connectivity index (χ0n) is 9.09. The van der Waals surface area contributed by atoms with Crippen LogP contribution in [0.2, 0.25) is 0 Å². The Morgan fingerprint density at radius 3 is 2.50 bits per heavy atom. The van der Waals surface area contributed by atoms with Crippen LogP contribution in [-0.4, -0.2) is 48.5 Å². The Morgan fingerprint density at radius 1 is 1.50 bits per heavy atom. The van der Waals surface area contributed by atoms with Gasteiger partial charge in [0.1, 0.15) is 0 Å². The topological polar surface area (TPSA) is 29.3 Å². The molecule has 0 fully saturated rings. The first-order valence-corrected chi connectivity index (χ1v) is 5.94. The summed E-state index contributed by atoms with van der Waals surface area (Å²) in [7, 11) is 1.71. The molecule has 0 aromatic rings. The van der Waals surface area contributed by atoms with E-state index in [-0.39, 0.29) is 12.6 Å². The van der Waals surface area contributed by atoms with Crippen LogP contribution in [0.4, 0.5) is 8.78 Å². The summed E-state index contributed by atoms with van der Waals surface area (Å²) in [6, 6.07) is 0.164. The summed E-state index contributed by atoms with van der Waals surface area (Å²) >= 11 is 1.76. The predicted molar refractivity (Wildman–Crippen MR) is 59.1 cm³/mol. The molecule has 1 unspecified atom stereocenters. The number of nitrogens with zero attached hydrogens (tertiary/aromatic N) is 1. The fraction of sp³-hybridized carbons (Fsp3) is 1.00. The number of nitrogens with two attached hydrogens (primary N) is 1. The van der Waals surface area contributed by atoms with E-state index < -0.39 is 12.5 Å². The van der Waals surface area contributed by atoms with Crippen LogP contribution in [0.25, 0.3) is 0 Å². The molecule has 0 aliphatic heterocycles.